The highest BCUT2D eigenvalue weighted by molar-refractivity contribution is 6.15. The van der Waals surface area contributed by atoms with Gasteiger partial charge in [-0.05, 0) is 54.5 Å². The fraction of sp³-hybridized carbons (Fsp3) is 0.423. The van der Waals surface area contributed by atoms with Gasteiger partial charge < -0.3 is 9.84 Å². The first-order valence-corrected chi connectivity index (χ1v) is 10.7. The number of nitrogens with zero attached hydrogens (tertiary/aromatic N) is 1. The van der Waals surface area contributed by atoms with Crippen molar-refractivity contribution in [3.63, 3.8) is 0 Å². The lowest BCUT2D eigenvalue weighted by atomic mass is 9.98. The first-order valence-electron chi connectivity index (χ1n) is 10.7. The maximum absolute atomic E-state index is 13.1. The van der Waals surface area contributed by atoms with Crippen LogP contribution in [-0.4, -0.2) is 28.9 Å². The zero-order chi connectivity index (χ0) is 22.0. The number of ketones is 1. The van der Waals surface area contributed by atoms with Crippen molar-refractivity contribution in [3.05, 3.63) is 63.9 Å². The number of allylic oxidation sites excluding steroid dienone is 1. The van der Waals surface area contributed by atoms with Crippen molar-refractivity contribution >= 4 is 11.9 Å². The summed E-state index contributed by atoms with van der Waals surface area (Å²) in [5.74, 6) is 1.90. The second-order valence-electron chi connectivity index (χ2n) is 9.17. The quantitative estimate of drug-likeness (QED) is 0.595. The van der Waals surface area contributed by atoms with Gasteiger partial charge in [0.1, 0.15) is 11.5 Å². The van der Waals surface area contributed by atoms with Gasteiger partial charge in [-0.25, -0.2) is 0 Å². The molecule has 0 fully saturated rings. The minimum absolute atomic E-state index is 0.119. The molecule has 160 valence electrons. The van der Waals surface area contributed by atoms with Crippen molar-refractivity contribution in [3.8, 4) is 11.5 Å². The van der Waals surface area contributed by atoms with Crippen LogP contribution in [0.3, 0.4) is 0 Å². The number of aryl methyl sites for hydroxylation is 2. The SMILES string of the molecule is Cc1ccccc1/C=C1/Oc2c(CN(CC(C)C)CC(C)C)c(O)cc(C)c2C1=O. The molecule has 0 aliphatic carbocycles. The van der Waals surface area contributed by atoms with E-state index in [1.165, 1.54) is 0 Å². The summed E-state index contributed by atoms with van der Waals surface area (Å²) in [4.78, 5) is 15.5. The first kappa shape index (κ1) is 22.1. The van der Waals surface area contributed by atoms with Crippen molar-refractivity contribution < 1.29 is 14.6 Å². The standard InChI is InChI=1S/C26H33NO3/c1-16(2)13-27(14-17(3)4)15-21-22(28)11-19(6)24-25(29)23(30-26(21)24)12-20-10-8-7-9-18(20)5/h7-12,16-17,28H,13-15H2,1-6H3/b23-12+. The van der Waals surface area contributed by atoms with Gasteiger partial charge in [0.15, 0.2) is 5.76 Å². The molecule has 3 rings (SSSR count). The van der Waals surface area contributed by atoms with Gasteiger partial charge in [-0.3, -0.25) is 9.69 Å². The van der Waals surface area contributed by atoms with E-state index in [-0.39, 0.29) is 11.5 Å². The molecule has 0 amide bonds. The Labute approximate surface area is 180 Å². The molecule has 0 aromatic heterocycles. The van der Waals surface area contributed by atoms with Crippen LogP contribution in [0.2, 0.25) is 0 Å². The minimum atomic E-state index is -0.119. The number of ether oxygens (including phenoxy) is 1. The fourth-order valence-electron chi connectivity index (χ4n) is 4.08. The molecule has 0 unspecified atom stereocenters. The summed E-state index contributed by atoms with van der Waals surface area (Å²) in [6, 6.07) is 9.60. The number of rotatable bonds is 7. The third kappa shape index (κ3) is 4.76. The van der Waals surface area contributed by atoms with Crippen LogP contribution in [0.1, 0.15) is 60.3 Å². The van der Waals surface area contributed by atoms with Gasteiger partial charge in [-0.15, -0.1) is 0 Å². The Kier molecular flexibility index (Phi) is 6.67. The predicted octanol–water partition coefficient (Wildman–Crippen LogP) is 5.74. The van der Waals surface area contributed by atoms with Crippen molar-refractivity contribution in [1.29, 1.82) is 0 Å². The first-order chi connectivity index (χ1) is 14.2. The van der Waals surface area contributed by atoms with Gasteiger partial charge in [0, 0.05) is 19.6 Å². The van der Waals surface area contributed by atoms with E-state index >= 15 is 0 Å². The molecule has 0 atom stereocenters. The molecule has 0 saturated carbocycles. The Hall–Kier alpha value is -2.59. The molecule has 1 N–H and O–H groups in total. The summed E-state index contributed by atoms with van der Waals surface area (Å²) in [5, 5.41) is 10.7. The smallest absolute Gasteiger partial charge is 0.232 e. The average Bonchev–Trinajstić information content (AvgIpc) is 2.96. The van der Waals surface area contributed by atoms with Gasteiger partial charge in [0.25, 0.3) is 0 Å². The minimum Gasteiger partial charge on any atom is -0.507 e. The lowest BCUT2D eigenvalue weighted by Crippen LogP contribution is -2.31. The molecule has 0 saturated heterocycles. The summed E-state index contributed by atoms with van der Waals surface area (Å²) >= 11 is 0. The van der Waals surface area contributed by atoms with Crippen molar-refractivity contribution in [1.82, 2.24) is 4.90 Å². The van der Waals surface area contributed by atoms with Crippen LogP contribution in [0.25, 0.3) is 6.08 Å². The van der Waals surface area contributed by atoms with Crippen molar-refractivity contribution in [2.75, 3.05) is 13.1 Å². The Morgan fingerprint density at radius 3 is 2.27 bits per heavy atom. The van der Waals surface area contributed by atoms with Gasteiger partial charge in [0.2, 0.25) is 5.78 Å². The molecule has 4 nitrogen and oxygen atoms in total. The number of phenolic OH excluding ortho intramolecular Hbond substituents is 1. The van der Waals surface area contributed by atoms with Crippen LogP contribution < -0.4 is 4.74 Å². The normalized spacial score (nSPS) is 14.8. The Morgan fingerprint density at radius 1 is 1.03 bits per heavy atom. The van der Waals surface area contributed by atoms with Crippen LogP contribution in [0.4, 0.5) is 0 Å². The maximum Gasteiger partial charge on any atom is 0.232 e. The van der Waals surface area contributed by atoms with Crippen molar-refractivity contribution in [2.45, 2.75) is 48.1 Å². The molecule has 0 spiro atoms. The van der Waals surface area contributed by atoms with Crippen LogP contribution in [-0.2, 0) is 6.54 Å². The number of Topliss-reactive ketones (excluding diaryl/α,β-unsaturated/α-hetero) is 1. The number of benzene rings is 2. The van der Waals surface area contributed by atoms with E-state index < -0.39 is 0 Å². The summed E-state index contributed by atoms with van der Waals surface area (Å²) < 4.78 is 6.11. The third-order valence-corrected chi connectivity index (χ3v) is 5.32. The van der Waals surface area contributed by atoms with E-state index in [1.54, 1.807) is 12.1 Å². The molecule has 2 aromatic carbocycles. The lowest BCUT2D eigenvalue weighted by Gasteiger charge is -2.27. The highest BCUT2D eigenvalue weighted by Gasteiger charge is 2.33. The zero-order valence-corrected chi connectivity index (χ0v) is 19.0. The van der Waals surface area contributed by atoms with Gasteiger partial charge in [0.05, 0.1) is 11.1 Å². The molecule has 1 aliphatic heterocycles. The molecule has 1 heterocycles. The lowest BCUT2D eigenvalue weighted by molar-refractivity contribution is 0.101. The Morgan fingerprint density at radius 2 is 1.67 bits per heavy atom. The van der Waals surface area contributed by atoms with Gasteiger partial charge >= 0.3 is 0 Å². The number of phenols is 1. The van der Waals surface area contributed by atoms with Crippen molar-refractivity contribution in [2.24, 2.45) is 11.8 Å². The van der Waals surface area contributed by atoms with Crippen LogP contribution >= 0.6 is 0 Å². The molecule has 2 aromatic rings. The van der Waals surface area contributed by atoms with E-state index in [4.69, 9.17) is 4.74 Å². The van der Waals surface area contributed by atoms with Crippen LogP contribution in [0.15, 0.2) is 36.1 Å². The highest BCUT2D eigenvalue weighted by Crippen LogP contribution is 2.42. The van der Waals surface area contributed by atoms with E-state index in [1.807, 2.05) is 38.1 Å². The molecular weight excluding hydrogens is 374 g/mol. The fourth-order valence-corrected chi connectivity index (χ4v) is 4.08. The monoisotopic (exact) mass is 407 g/mol. The van der Waals surface area contributed by atoms with Crippen LogP contribution in [0.5, 0.6) is 11.5 Å². The molecular formula is C26H33NO3. The summed E-state index contributed by atoms with van der Waals surface area (Å²) in [5.41, 5.74) is 4.04. The molecule has 4 heteroatoms. The number of aromatic hydroxyl groups is 1. The second-order valence-corrected chi connectivity index (χ2v) is 9.17. The van der Waals surface area contributed by atoms with Gasteiger partial charge in [-0.2, -0.15) is 0 Å². The van der Waals surface area contributed by atoms with Crippen LogP contribution in [0, 0.1) is 25.7 Å². The topological polar surface area (TPSA) is 49.8 Å². The Bertz CT molecular complexity index is 962. The van der Waals surface area contributed by atoms with E-state index in [0.29, 0.717) is 41.0 Å². The Balaban J connectivity index is 2.00. The number of hydrogen-bond donors (Lipinski definition) is 1. The summed E-state index contributed by atoms with van der Waals surface area (Å²) in [6.07, 6.45) is 1.80. The van der Waals surface area contributed by atoms with E-state index in [0.717, 1.165) is 29.8 Å². The van der Waals surface area contributed by atoms with E-state index in [9.17, 15) is 9.90 Å². The molecule has 1 aliphatic rings. The zero-order valence-electron chi connectivity index (χ0n) is 19.0. The maximum atomic E-state index is 13.1. The van der Waals surface area contributed by atoms with E-state index in [2.05, 4.69) is 32.6 Å². The van der Waals surface area contributed by atoms with Gasteiger partial charge in [-0.1, -0.05) is 52.0 Å². The predicted molar refractivity (Wildman–Crippen MR) is 122 cm³/mol. The number of fused-ring (bicyclic) bond motifs is 1. The number of carbonyl (C=O) groups excluding carboxylic acids is 1. The second kappa shape index (κ2) is 9.05. The third-order valence-electron chi connectivity index (χ3n) is 5.32. The number of carbonyl (C=O) groups is 1. The highest BCUT2D eigenvalue weighted by atomic mass is 16.5. The molecule has 0 bridgehead atoms. The average molecular weight is 408 g/mol. The largest absolute Gasteiger partial charge is 0.507 e. The molecule has 0 radical (unpaired) electrons. The number of hydrogen-bond acceptors (Lipinski definition) is 4. The molecule has 30 heavy (non-hydrogen) atoms. The summed E-state index contributed by atoms with van der Waals surface area (Å²) in [7, 11) is 0. The summed E-state index contributed by atoms with van der Waals surface area (Å²) in [6.45, 7) is 15.0.